The van der Waals surface area contributed by atoms with Gasteiger partial charge in [0.25, 0.3) is 0 Å². The number of para-hydroxylation sites is 1. The first-order valence-corrected chi connectivity index (χ1v) is 13.6. The molecule has 15 nitrogen and oxygen atoms in total. The second kappa shape index (κ2) is 16.1. The van der Waals surface area contributed by atoms with Crippen molar-refractivity contribution < 1.29 is 33.5 Å². The van der Waals surface area contributed by atoms with Gasteiger partial charge in [0.1, 0.15) is 24.5 Å². The molecule has 1 aromatic carbocycles. The van der Waals surface area contributed by atoms with Crippen LogP contribution in [0, 0.1) is 0 Å². The number of nitrogens with zero attached hydrogens (tertiary/aromatic N) is 1. The fourth-order valence-corrected chi connectivity index (χ4v) is 4.67. The van der Waals surface area contributed by atoms with Gasteiger partial charge in [0.15, 0.2) is 0 Å². The monoisotopic (exact) mass is 586 g/mol. The third kappa shape index (κ3) is 9.01. The first kappa shape index (κ1) is 32.0. The summed E-state index contributed by atoms with van der Waals surface area (Å²) in [5, 5.41) is 16.7. The lowest BCUT2D eigenvalue weighted by Gasteiger charge is -2.23. The largest absolute Gasteiger partial charge is 0.444 e. The van der Waals surface area contributed by atoms with Gasteiger partial charge in [0.2, 0.25) is 23.6 Å². The molecule has 2 heterocycles. The van der Waals surface area contributed by atoms with Gasteiger partial charge in [-0.2, -0.15) is 0 Å². The van der Waals surface area contributed by atoms with Gasteiger partial charge in [0.05, 0.1) is 26.2 Å². The van der Waals surface area contributed by atoms with Crippen molar-refractivity contribution in [2.24, 2.45) is 0 Å². The molecule has 7 N–H and O–H groups in total. The van der Waals surface area contributed by atoms with E-state index in [0.717, 1.165) is 16.5 Å². The highest BCUT2D eigenvalue weighted by atomic mass is 16.6. The molecule has 0 aliphatic carbocycles. The van der Waals surface area contributed by atoms with Crippen LogP contribution in [0.5, 0.6) is 0 Å². The number of rotatable bonds is 15. The van der Waals surface area contributed by atoms with Crippen molar-refractivity contribution in [2.45, 2.75) is 31.0 Å². The highest BCUT2D eigenvalue weighted by Crippen LogP contribution is 2.21. The van der Waals surface area contributed by atoms with Gasteiger partial charge in [-0.25, -0.2) is 4.79 Å². The molecular weight excluding hydrogens is 548 g/mol. The van der Waals surface area contributed by atoms with Gasteiger partial charge in [-0.05, 0) is 25.7 Å². The molecular formula is C27H38N8O7. The van der Waals surface area contributed by atoms with Crippen LogP contribution >= 0.6 is 0 Å². The van der Waals surface area contributed by atoms with Crippen LogP contribution in [-0.2, 0) is 35.1 Å². The van der Waals surface area contributed by atoms with Gasteiger partial charge in [-0.3, -0.25) is 19.2 Å². The summed E-state index contributed by atoms with van der Waals surface area (Å²) in [5.41, 5.74) is 1.65. The van der Waals surface area contributed by atoms with E-state index in [1.54, 1.807) is 20.3 Å². The number of hydrogen-bond acceptors (Lipinski definition) is 9. The molecule has 3 atom stereocenters. The lowest BCUT2D eigenvalue weighted by molar-refractivity contribution is -0.138. The highest BCUT2D eigenvalue weighted by Gasteiger charge is 2.41. The Morgan fingerprint density at radius 2 is 1.83 bits per heavy atom. The fourth-order valence-electron chi connectivity index (χ4n) is 4.67. The molecule has 228 valence electrons. The number of aldehydes is 1. The molecule has 0 spiro atoms. The molecule has 3 rings (SSSR count). The average molecular weight is 587 g/mol. The number of alkyl carbamates (subject to hydrolysis) is 1. The normalized spacial score (nSPS) is 16.9. The highest BCUT2D eigenvalue weighted by molar-refractivity contribution is 5.94. The summed E-state index contributed by atoms with van der Waals surface area (Å²) in [6.07, 6.45) is 1.10. The number of amides is 5. The first-order chi connectivity index (χ1) is 20.3. The van der Waals surface area contributed by atoms with Gasteiger partial charge in [0, 0.05) is 43.0 Å². The summed E-state index contributed by atoms with van der Waals surface area (Å²) >= 11 is 0. The standard InChI is InChI=1S/C27H38N8O7/c1-28-7-8-31-27(41)42-18-12-22(35(16-18)24(38)15-29-2)26(40)33-14-23(37)34-21(25(39)30-9-10-36)11-17-13-32-20-6-4-3-5-19(17)20/h3-6,10,13,18,21-22,28-29,32H,7-9,11-12,14-16H2,1-2H3,(H,30,39)(H,31,41)(H,33,40)(H,34,37). The number of carbonyl (C=O) groups is 6. The van der Waals surface area contributed by atoms with Crippen LogP contribution in [0.2, 0.25) is 0 Å². The third-order valence-electron chi connectivity index (χ3n) is 6.67. The zero-order chi connectivity index (χ0) is 30.5. The predicted molar refractivity (Wildman–Crippen MR) is 152 cm³/mol. The molecule has 3 unspecified atom stereocenters. The molecule has 2 aromatic rings. The van der Waals surface area contributed by atoms with E-state index >= 15 is 0 Å². The van der Waals surface area contributed by atoms with Crippen LogP contribution < -0.4 is 31.9 Å². The van der Waals surface area contributed by atoms with Crippen molar-refractivity contribution in [2.75, 3.05) is 53.4 Å². The Morgan fingerprint density at radius 3 is 2.57 bits per heavy atom. The summed E-state index contributed by atoms with van der Waals surface area (Å²) < 4.78 is 5.39. The van der Waals surface area contributed by atoms with E-state index in [9.17, 15) is 28.8 Å². The lowest BCUT2D eigenvalue weighted by atomic mass is 10.0. The number of likely N-dealkylation sites (tertiary alicyclic amines) is 1. The SMILES string of the molecule is CNCCNC(=O)OC1CC(C(=O)NCC(=O)NC(Cc2c[nH]c3ccccc23)C(=O)NCC=O)N(C(=O)CNC)C1. The molecule has 1 fully saturated rings. The lowest BCUT2D eigenvalue weighted by Crippen LogP contribution is -2.53. The van der Waals surface area contributed by atoms with E-state index in [4.69, 9.17) is 4.74 Å². The minimum absolute atomic E-state index is 0.0217. The van der Waals surface area contributed by atoms with Crippen molar-refractivity contribution >= 4 is 46.9 Å². The van der Waals surface area contributed by atoms with Crippen LogP contribution in [0.4, 0.5) is 4.79 Å². The van der Waals surface area contributed by atoms with E-state index < -0.39 is 48.5 Å². The number of hydrogen-bond donors (Lipinski definition) is 7. The quantitative estimate of drug-likeness (QED) is 0.0890. The molecule has 0 bridgehead atoms. The number of aromatic amines is 1. The Kier molecular flexibility index (Phi) is 12.3. The maximum atomic E-state index is 13.1. The first-order valence-electron chi connectivity index (χ1n) is 13.6. The van der Waals surface area contributed by atoms with Gasteiger partial charge < -0.3 is 51.3 Å². The van der Waals surface area contributed by atoms with Gasteiger partial charge >= 0.3 is 6.09 Å². The third-order valence-corrected chi connectivity index (χ3v) is 6.67. The van der Waals surface area contributed by atoms with Crippen LogP contribution in [0.1, 0.15) is 12.0 Å². The molecule has 1 aromatic heterocycles. The number of likely N-dealkylation sites (N-methyl/N-ethyl adjacent to an activating group) is 2. The van der Waals surface area contributed by atoms with Crippen molar-refractivity contribution in [3.05, 3.63) is 36.0 Å². The minimum atomic E-state index is -1.02. The van der Waals surface area contributed by atoms with Crippen LogP contribution in [0.25, 0.3) is 10.9 Å². The summed E-state index contributed by atoms with van der Waals surface area (Å²) in [6.45, 7) is 0.194. The summed E-state index contributed by atoms with van der Waals surface area (Å²) in [5.74, 6) is -2.17. The molecule has 1 saturated heterocycles. The van der Waals surface area contributed by atoms with Crippen LogP contribution in [-0.4, -0.2) is 117 Å². The van der Waals surface area contributed by atoms with E-state index in [1.807, 2.05) is 24.3 Å². The average Bonchev–Trinajstić information content (AvgIpc) is 3.59. The van der Waals surface area contributed by atoms with Crippen molar-refractivity contribution in [1.82, 2.24) is 41.8 Å². The van der Waals surface area contributed by atoms with E-state index in [2.05, 4.69) is 36.9 Å². The Labute approximate surface area is 242 Å². The molecule has 15 heteroatoms. The number of nitrogens with one attached hydrogen (secondary N) is 7. The molecule has 1 aliphatic heterocycles. The predicted octanol–water partition coefficient (Wildman–Crippen LogP) is -2.24. The van der Waals surface area contributed by atoms with Gasteiger partial charge in [-0.1, -0.05) is 18.2 Å². The summed E-state index contributed by atoms with van der Waals surface area (Å²) in [7, 11) is 3.33. The van der Waals surface area contributed by atoms with Gasteiger partial charge in [-0.15, -0.1) is 0 Å². The fraction of sp³-hybridized carbons (Fsp3) is 0.481. The number of benzene rings is 1. The number of carbonyl (C=O) groups excluding carboxylic acids is 6. The minimum Gasteiger partial charge on any atom is -0.444 e. The van der Waals surface area contributed by atoms with E-state index in [1.165, 1.54) is 4.90 Å². The Balaban J connectivity index is 1.62. The maximum absolute atomic E-state index is 13.1. The topological polar surface area (TPSA) is 203 Å². The number of ether oxygens (including phenoxy) is 1. The number of fused-ring (bicyclic) bond motifs is 1. The molecule has 0 radical (unpaired) electrons. The van der Waals surface area contributed by atoms with Crippen molar-refractivity contribution in [3.8, 4) is 0 Å². The Morgan fingerprint density at radius 1 is 1.05 bits per heavy atom. The Bertz CT molecular complexity index is 1270. The van der Waals surface area contributed by atoms with E-state index in [0.29, 0.717) is 19.4 Å². The van der Waals surface area contributed by atoms with Crippen molar-refractivity contribution in [3.63, 3.8) is 0 Å². The molecule has 1 aliphatic rings. The summed E-state index contributed by atoms with van der Waals surface area (Å²) in [6, 6.07) is 5.51. The summed E-state index contributed by atoms with van der Waals surface area (Å²) in [4.78, 5) is 78.6. The van der Waals surface area contributed by atoms with E-state index in [-0.39, 0.29) is 38.4 Å². The maximum Gasteiger partial charge on any atom is 0.407 e. The Hall–Kier alpha value is -4.50. The molecule has 42 heavy (non-hydrogen) atoms. The second-order valence-corrected chi connectivity index (χ2v) is 9.70. The second-order valence-electron chi connectivity index (χ2n) is 9.70. The number of H-pyrrole nitrogens is 1. The molecule has 5 amide bonds. The number of aromatic nitrogens is 1. The van der Waals surface area contributed by atoms with Crippen LogP contribution in [0.3, 0.4) is 0 Å². The zero-order valence-corrected chi connectivity index (χ0v) is 23.7. The zero-order valence-electron chi connectivity index (χ0n) is 23.7. The molecule has 0 saturated carbocycles. The van der Waals surface area contributed by atoms with Crippen molar-refractivity contribution in [1.29, 1.82) is 0 Å². The smallest absolute Gasteiger partial charge is 0.407 e. The van der Waals surface area contributed by atoms with Crippen LogP contribution in [0.15, 0.2) is 30.5 Å².